The van der Waals surface area contributed by atoms with E-state index in [2.05, 4.69) is 4.98 Å². The average Bonchev–Trinajstić information content (AvgIpc) is 2.18. The van der Waals surface area contributed by atoms with Gasteiger partial charge < -0.3 is 0 Å². The molecular formula is C10H4ClF4N. The molecule has 0 bridgehead atoms. The fourth-order valence-electron chi connectivity index (χ4n) is 1.44. The van der Waals surface area contributed by atoms with Crippen molar-refractivity contribution in [3.63, 3.8) is 0 Å². The molecule has 0 fully saturated rings. The van der Waals surface area contributed by atoms with Gasteiger partial charge in [0.1, 0.15) is 11.0 Å². The number of nitrogens with zero attached hydrogens (tertiary/aromatic N) is 1. The lowest BCUT2D eigenvalue weighted by molar-refractivity contribution is -0.136. The lowest BCUT2D eigenvalue weighted by atomic mass is 10.1. The van der Waals surface area contributed by atoms with Gasteiger partial charge in [-0.05, 0) is 6.07 Å². The van der Waals surface area contributed by atoms with Gasteiger partial charge >= 0.3 is 6.18 Å². The van der Waals surface area contributed by atoms with E-state index in [-0.39, 0.29) is 10.5 Å². The molecule has 0 atom stereocenters. The molecule has 0 spiro atoms. The number of halogens is 5. The van der Waals surface area contributed by atoms with Crippen molar-refractivity contribution in [2.75, 3.05) is 0 Å². The Morgan fingerprint density at radius 2 is 1.88 bits per heavy atom. The van der Waals surface area contributed by atoms with Crippen molar-refractivity contribution in [3.8, 4) is 0 Å². The van der Waals surface area contributed by atoms with Gasteiger partial charge in [0.2, 0.25) is 0 Å². The molecule has 0 unspecified atom stereocenters. The van der Waals surface area contributed by atoms with Crippen LogP contribution < -0.4 is 0 Å². The smallest absolute Gasteiger partial charge is 0.243 e. The van der Waals surface area contributed by atoms with Gasteiger partial charge in [0, 0.05) is 17.0 Å². The molecule has 84 valence electrons. The third-order valence-corrected chi connectivity index (χ3v) is 2.42. The zero-order chi connectivity index (χ0) is 11.9. The molecule has 16 heavy (non-hydrogen) atoms. The average molecular weight is 250 g/mol. The number of fused-ring (bicyclic) bond motifs is 1. The maximum atomic E-state index is 13.4. The normalized spacial score (nSPS) is 12.1. The predicted octanol–water partition coefficient (Wildman–Crippen LogP) is 4.05. The number of pyridine rings is 1. The molecular weight excluding hydrogens is 246 g/mol. The van der Waals surface area contributed by atoms with Gasteiger partial charge in [-0.1, -0.05) is 23.7 Å². The van der Waals surface area contributed by atoms with Crippen LogP contribution in [0.4, 0.5) is 17.6 Å². The van der Waals surface area contributed by atoms with E-state index in [1.54, 1.807) is 0 Å². The van der Waals surface area contributed by atoms with Crippen molar-refractivity contribution in [1.82, 2.24) is 4.98 Å². The molecule has 1 aromatic carbocycles. The number of hydrogen-bond acceptors (Lipinski definition) is 1. The Labute approximate surface area is 92.7 Å². The quantitative estimate of drug-likeness (QED) is 0.507. The summed E-state index contributed by atoms with van der Waals surface area (Å²) in [5, 5.41) is -0.742. The Balaban J connectivity index is 2.92. The predicted molar refractivity (Wildman–Crippen MR) is 51.7 cm³/mol. The third-order valence-electron chi connectivity index (χ3n) is 2.12. The Bertz CT molecular complexity index is 550. The molecule has 1 aromatic heterocycles. The minimum Gasteiger partial charge on any atom is -0.243 e. The minimum absolute atomic E-state index is 0.0449. The van der Waals surface area contributed by atoms with Gasteiger partial charge in [-0.25, -0.2) is 9.37 Å². The van der Waals surface area contributed by atoms with E-state index < -0.39 is 22.9 Å². The van der Waals surface area contributed by atoms with Crippen molar-refractivity contribution < 1.29 is 17.6 Å². The zero-order valence-corrected chi connectivity index (χ0v) is 8.40. The highest BCUT2D eigenvalue weighted by atomic mass is 35.5. The molecule has 2 aromatic rings. The molecule has 2 rings (SSSR count). The maximum Gasteiger partial charge on any atom is 0.418 e. The summed E-state index contributed by atoms with van der Waals surface area (Å²) in [6.45, 7) is 0. The highest BCUT2D eigenvalue weighted by molar-refractivity contribution is 6.34. The van der Waals surface area contributed by atoms with E-state index in [9.17, 15) is 17.6 Å². The van der Waals surface area contributed by atoms with Gasteiger partial charge in [-0.15, -0.1) is 0 Å². The second-order valence-corrected chi connectivity index (χ2v) is 3.48. The highest BCUT2D eigenvalue weighted by Crippen LogP contribution is 2.37. The molecule has 6 heteroatoms. The van der Waals surface area contributed by atoms with Crippen LogP contribution in [0.1, 0.15) is 5.56 Å². The second kappa shape index (κ2) is 3.59. The molecule has 0 aliphatic rings. The van der Waals surface area contributed by atoms with Crippen LogP contribution in [-0.4, -0.2) is 4.98 Å². The number of aromatic nitrogens is 1. The molecule has 0 aliphatic carbocycles. The van der Waals surface area contributed by atoms with E-state index in [4.69, 9.17) is 11.6 Å². The standard InChI is InChI=1S/C10H4ClF4N/c11-9-5-2-1-3-7(12)8(5)6(4-16-9)10(13,14)15/h1-4H. The molecule has 0 saturated heterocycles. The summed E-state index contributed by atoms with van der Waals surface area (Å²) in [6.07, 6.45) is -4.12. The van der Waals surface area contributed by atoms with Gasteiger partial charge in [-0.3, -0.25) is 0 Å². The third kappa shape index (κ3) is 1.71. The van der Waals surface area contributed by atoms with E-state index >= 15 is 0 Å². The molecule has 0 radical (unpaired) electrons. The molecule has 0 amide bonds. The Kier molecular flexibility index (Phi) is 2.50. The van der Waals surface area contributed by atoms with Crippen LogP contribution in [0.3, 0.4) is 0 Å². The number of hydrogen-bond donors (Lipinski definition) is 0. The van der Waals surface area contributed by atoms with Crippen LogP contribution in [0.15, 0.2) is 24.4 Å². The van der Waals surface area contributed by atoms with Crippen molar-refractivity contribution in [2.45, 2.75) is 6.18 Å². The van der Waals surface area contributed by atoms with E-state index in [0.29, 0.717) is 6.20 Å². The fourth-order valence-corrected chi connectivity index (χ4v) is 1.65. The van der Waals surface area contributed by atoms with Crippen molar-refractivity contribution >= 4 is 22.4 Å². The van der Waals surface area contributed by atoms with Gasteiger partial charge in [0.05, 0.1) is 5.56 Å². The number of benzene rings is 1. The zero-order valence-electron chi connectivity index (χ0n) is 7.65. The molecule has 0 saturated carbocycles. The van der Waals surface area contributed by atoms with E-state index in [0.717, 1.165) is 6.07 Å². The molecule has 0 aliphatic heterocycles. The largest absolute Gasteiger partial charge is 0.418 e. The number of rotatable bonds is 0. The van der Waals surface area contributed by atoms with Crippen LogP contribution >= 0.6 is 11.6 Å². The Hall–Kier alpha value is -1.36. The minimum atomic E-state index is -4.65. The van der Waals surface area contributed by atoms with Crippen molar-refractivity contribution in [3.05, 3.63) is 40.9 Å². The molecule has 0 N–H and O–H groups in total. The first kappa shape index (κ1) is 11.1. The van der Waals surface area contributed by atoms with E-state index in [1.807, 2.05) is 0 Å². The molecule has 1 nitrogen and oxygen atoms in total. The van der Waals surface area contributed by atoms with Crippen LogP contribution in [0, 0.1) is 5.82 Å². The maximum absolute atomic E-state index is 13.4. The van der Waals surface area contributed by atoms with Gasteiger partial charge in [-0.2, -0.15) is 13.2 Å². The monoisotopic (exact) mass is 249 g/mol. The SMILES string of the molecule is Fc1cccc2c(Cl)ncc(C(F)(F)F)c12. The lowest BCUT2D eigenvalue weighted by Crippen LogP contribution is -2.07. The van der Waals surface area contributed by atoms with Crippen LogP contribution in [0.2, 0.25) is 5.15 Å². The second-order valence-electron chi connectivity index (χ2n) is 3.12. The van der Waals surface area contributed by atoms with Gasteiger partial charge in [0.25, 0.3) is 0 Å². The van der Waals surface area contributed by atoms with Crippen LogP contribution in [0.25, 0.3) is 10.8 Å². The van der Waals surface area contributed by atoms with E-state index in [1.165, 1.54) is 12.1 Å². The summed E-state index contributed by atoms with van der Waals surface area (Å²) in [4.78, 5) is 3.39. The Morgan fingerprint density at radius 1 is 1.19 bits per heavy atom. The first-order valence-corrected chi connectivity index (χ1v) is 4.59. The summed E-state index contributed by atoms with van der Waals surface area (Å²) in [6, 6.07) is 3.53. The summed E-state index contributed by atoms with van der Waals surface area (Å²) >= 11 is 5.61. The first-order chi connectivity index (χ1) is 7.41. The van der Waals surface area contributed by atoms with Crippen LogP contribution in [0.5, 0.6) is 0 Å². The van der Waals surface area contributed by atoms with Crippen LogP contribution in [-0.2, 0) is 6.18 Å². The lowest BCUT2D eigenvalue weighted by Gasteiger charge is -2.10. The topological polar surface area (TPSA) is 12.9 Å². The Morgan fingerprint density at radius 3 is 2.50 bits per heavy atom. The summed E-state index contributed by atoms with van der Waals surface area (Å²) < 4.78 is 51.1. The molecule has 1 heterocycles. The summed E-state index contributed by atoms with van der Waals surface area (Å²) in [5.41, 5.74) is -1.12. The van der Waals surface area contributed by atoms with Gasteiger partial charge in [0.15, 0.2) is 0 Å². The summed E-state index contributed by atoms with van der Waals surface area (Å²) in [7, 11) is 0. The fraction of sp³-hybridized carbons (Fsp3) is 0.100. The summed E-state index contributed by atoms with van der Waals surface area (Å²) in [5.74, 6) is -0.964. The number of alkyl halides is 3. The first-order valence-electron chi connectivity index (χ1n) is 4.21. The van der Waals surface area contributed by atoms with Crippen molar-refractivity contribution in [1.29, 1.82) is 0 Å². The van der Waals surface area contributed by atoms with Crippen molar-refractivity contribution in [2.24, 2.45) is 0 Å². The highest BCUT2D eigenvalue weighted by Gasteiger charge is 2.34.